The van der Waals surface area contributed by atoms with Gasteiger partial charge in [-0.25, -0.2) is 9.99 Å². The van der Waals surface area contributed by atoms with Gasteiger partial charge in [0.05, 0.1) is 16.1 Å². The van der Waals surface area contributed by atoms with E-state index in [1.54, 1.807) is 30.3 Å². The maximum atomic E-state index is 14.1. The van der Waals surface area contributed by atoms with E-state index >= 15 is 0 Å². The first-order valence-corrected chi connectivity index (χ1v) is 18.3. The van der Waals surface area contributed by atoms with Gasteiger partial charge in [0.15, 0.2) is 11.4 Å². The molecule has 45 heavy (non-hydrogen) atoms. The van der Waals surface area contributed by atoms with E-state index in [0.717, 1.165) is 74.0 Å². The van der Waals surface area contributed by atoms with Gasteiger partial charge in [0.1, 0.15) is 6.07 Å². The monoisotopic (exact) mass is 639 g/mol. The third-order valence-electron chi connectivity index (χ3n) is 9.27. The Morgan fingerprint density at radius 3 is 2.02 bits per heavy atom. The topological polar surface area (TPSA) is 80.5 Å². The maximum Gasteiger partial charge on any atom is 0.268 e. The number of piperidine rings is 1. The molecule has 2 unspecified atom stereocenters. The number of hydrogen-bond donors (Lipinski definition) is 0. The minimum Gasteiger partial charge on any atom is -0.348 e. The van der Waals surface area contributed by atoms with Gasteiger partial charge in [0, 0.05) is 44.2 Å². The van der Waals surface area contributed by atoms with Crippen LogP contribution in [0, 0.1) is 23.2 Å². The molecular formula is C37H61N5O2S. The zero-order valence-electron chi connectivity index (χ0n) is 29.9. The lowest BCUT2D eigenvalue weighted by molar-refractivity contribution is -0.142. The van der Waals surface area contributed by atoms with Gasteiger partial charge in [-0.3, -0.25) is 14.6 Å². The van der Waals surface area contributed by atoms with Crippen molar-refractivity contribution in [1.29, 1.82) is 5.26 Å². The average Bonchev–Trinajstić information content (AvgIpc) is 3.48. The summed E-state index contributed by atoms with van der Waals surface area (Å²) >= 11 is 1.64. The molecule has 2 atom stereocenters. The molecule has 0 saturated carbocycles. The molecule has 0 N–H and O–H groups in total. The molecule has 8 heteroatoms. The summed E-state index contributed by atoms with van der Waals surface area (Å²) in [6.07, 6.45) is 15.3. The van der Waals surface area contributed by atoms with Crippen molar-refractivity contribution in [2.24, 2.45) is 11.8 Å². The van der Waals surface area contributed by atoms with Crippen LogP contribution in [0.3, 0.4) is 0 Å². The predicted molar refractivity (Wildman–Crippen MR) is 190 cm³/mol. The summed E-state index contributed by atoms with van der Waals surface area (Å²) in [6, 6.07) is 2.01. The van der Waals surface area contributed by atoms with Gasteiger partial charge >= 0.3 is 0 Å². The van der Waals surface area contributed by atoms with Crippen LogP contribution in [-0.2, 0) is 15.0 Å². The van der Waals surface area contributed by atoms with Crippen LogP contribution in [0.25, 0.3) is 6.08 Å². The average molecular weight is 640 g/mol. The Morgan fingerprint density at radius 1 is 1.02 bits per heavy atom. The molecule has 2 rings (SSSR count). The molecule has 1 fully saturated rings. The maximum absolute atomic E-state index is 14.1. The number of rotatable bonds is 18. The van der Waals surface area contributed by atoms with Gasteiger partial charge in [0.25, 0.3) is 5.91 Å². The van der Waals surface area contributed by atoms with Crippen LogP contribution >= 0.6 is 11.3 Å². The van der Waals surface area contributed by atoms with E-state index in [1.165, 1.54) is 38.5 Å². The Bertz CT molecular complexity index is 1160. The molecule has 0 spiro atoms. The standard InChI is InChI=1S/C37H61N5O2S/c1-10-14-19-29(12-3)25-41(26-30(13-4)20-15-11-2)36-39-34(37(6,7)8)33(45-36)23-32(28(5)31(24-38)27-43)35(44)40(9)42-21-17-16-18-22-42/h23,27,29-30H,10-22,25-26H2,1-9H3/b31-28-,32-23-. The number of amides is 1. The number of carbonyl (C=O) groups is 2. The fourth-order valence-electron chi connectivity index (χ4n) is 6.06. The number of thiazole rings is 1. The molecule has 1 aromatic heterocycles. The highest BCUT2D eigenvalue weighted by Crippen LogP contribution is 2.38. The molecular weight excluding hydrogens is 579 g/mol. The van der Waals surface area contributed by atoms with Gasteiger partial charge in [-0.05, 0) is 56.1 Å². The number of allylic oxidation sites excluding steroid dienone is 1. The first-order valence-electron chi connectivity index (χ1n) is 17.5. The summed E-state index contributed by atoms with van der Waals surface area (Å²) in [5.41, 5.74) is 1.44. The molecule has 0 aliphatic carbocycles. The van der Waals surface area contributed by atoms with Crippen LogP contribution in [0.15, 0.2) is 16.7 Å². The number of aldehydes is 1. The minimum absolute atomic E-state index is 0.0197. The van der Waals surface area contributed by atoms with Crippen molar-refractivity contribution in [3.8, 4) is 6.07 Å². The molecule has 1 amide bonds. The second-order valence-corrected chi connectivity index (χ2v) is 14.9. The van der Waals surface area contributed by atoms with Gasteiger partial charge in [-0.2, -0.15) is 5.26 Å². The third kappa shape index (κ3) is 11.4. The number of hydrazine groups is 1. The lowest BCUT2D eigenvalue weighted by Gasteiger charge is -2.35. The van der Waals surface area contributed by atoms with Crippen molar-refractivity contribution < 1.29 is 9.59 Å². The summed E-state index contributed by atoms with van der Waals surface area (Å²) in [4.78, 5) is 34.8. The fraction of sp³-hybridized carbons (Fsp3) is 0.730. The van der Waals surface area contributed by atoms with Gasteiger partial charge in [-0.1, -0.05) is 105 Å². The van der Waals surface area contributed by atoms with E-state index < -0.39 is 0 Å². The van der Waals surface area contributed by atoms with E-state index in [0.29, 0.717) is 29.3 Å². The van der Waals surface area contributed by atoms with E-state index in [2.05, 4.69) is 58.4 Å². The quantitative estimate of drug-likeness (QED) is 0.0690. The molecule has 1 saturated heterocycles. The van der Waals surface area contributed by atoms with Gasteiger partial charge in [-0.15, -0.1) is 0 Å². The zero-order valence-corrected chi connectivity index (χ0v) is 30.7. The molecule has 0 bridgehead atoms. The number of nitriles is 1. The van der Waals surface area contributed by atoms with Crippen molar-refractivity contribution in [3.05, 3.63) is 27.3 Å². The van der Waals surface area contributed by atoms with E-state index in [1.807, 2.05) is 12.1 Å². The SMILES string of the molecule is CCCCC(CC)CN(CC(CC)CCCC)c1nc(C(C)(C)C)c(/C=C(C(=O)N(C)N2CCCCC2)/C(C)=C(/C#N)C=O)s1. The Labute approximate surface area is 278 Å². The number of unbranched alkanes of at least 4 members (excludes halogenated alkanes) is 2. The van der Waals surface area contributed by atoms with Gasteiger partial charge in [0.2, 0.25) is 0 Å². The Hall–Kier alpha value is -2.50. The number of aromatic nitrogens is 1. The highest BCUT2D eigenvalue weighted by atomic mass is 32.1. The van der Waals surface area contributed by atoms with Crippen LogP contribution in [0.5, 0.6) is 0 Å². The molecule has 7 nitrogen and oxygen atoms in total. The van der Waals surface area contributed by atoms with Crippen molar-refractivity contribution in [3.63, 3.8) is 0 Å². The molecule has 1 aromatic rings. The number of hydrogen-bond acceptors (Lipinski definition) is 7. The van der Waals surface area contributed by atoms with Gasteiger partial charge < -0.3 is 4.90 Å². The van der Waals surface area contributed by atoms with Crippen molar-refractivity contribution >= 4 is 34.7 Å². The molecule has 0 aromatic carbocycles. The number of likely N-dealkylation sites (N-methyl/N-ethyl adjacent to an activating group) is 1. The fourth-order valence-corrected chi connectivity index (χ4v) is 7.30. The van der Waals surface area contributed by atoms with Crippen LogP contribution in [-0.4, -0.2) is 60.4 Å². The smallest absolute Gasteiger partial charge is 0.268 e. The molecule has 2 heterocycles. The summed E-state index contributed by atoms with van der Waals surface area (Å²) in [7, 11) is 1.80. The van der Waals surface area contributed by atoms with Crippen LogP contribution in [0.2, 0.25) is 0 Å². The highest BCUT2D eigenvalue weighted by Gasteiger charge is 2.29. The summed E-state index contributed by atoms with van der Waals surface area (Å²) in [6.45, 7) is 20.9. The second kappa shape index (κ2) is 19.2. The normalized spacial score (nSPS) is 16.5. The Balaban J connectivity index is 2.72. The Kier molecular flexibility index (Phi) is 16.5. The van der Waals surface area contributed by atoms with Crippen LogP contribution < -0.4 is 4.90 Å². The van der Waals surface area contributed by atoms with Crippen molar-refractivity contribution in [2.45, 2.75) is 131 Å². The molecule has 1 aliphatic rings. The van der Waals surface area contributed by atoms with E-state index in [4.69, 9.17) is 4.98 Å². The van der Waals surface area contributed by atoms with Crippen LogP contribution in [0.1, 0.15) is 137 Å². The predicted octanol–water partition coefficient (Wildman–Crippen LogP) is 8.96. The largest absolute Gasteiger partial charge is 0.348 e. The lowest BCUT2D eigenvalue weighted by Crippen LogP contribution is -2.47. The number of carbonyl (C=O) groups excluding carboxylic acids is 2. The lowest BCUT2D eigenvalue weighted by atomic mass is 9.90. The third-order valence-corrected chi connectivity index (χ3v) is 10.3. The Morgan fingerprint density at radius 2 is 1.58 bits per heavy atom. The van der Waals surface area contributed by atoms with E-state index in [-0.39, 0.29) is 16.9 Å². The molecule has 0 radical (unpaired) electrons. The first kappa shape index (κ1) is 38.7. The van der Waals surface area contributed by atoms with Crippen molar-refractivity contribution in [1.82, 2.24) is 15.0 Å². The minimum atomic E-state index is -0.266. The number of anilines is 1. The highest BCUT2D eigenvalue weighted by molar-refractivity contribution is 7.16. The summed E-state index contributed by atoms with van der Waals surface area (Å²) < 4.78 is 0. The summed E-state index contributed by atoms with van der Waals surface area (Å²) in [5, 5.41) is 14.5. The molecule has 1 aliphatic heterocycles. The number of nitrogens with zero attached hydrogens (tertiary/aromatic N) is 5. The van der Waals surface area contributed by atoms with E-state index in [9.17, 15) is 14.9 Å². The zero-order chi connectivity index (χ0) is 33.6. The summed E-state index contributed by atoms with van der Waals surface area (Å²) in [5.74, 6) is 0.994. The van der Waals surface area contributed by atoms with Crippen LogP contribution in [0.4, 0.5) is 5.13 Å². The molecule has 252 valence electrons. The first-order chi connectivity index (χ1) is 21.4. The second-order valence-electron chi connectivity index (χ2n) is 13.9. The van der Waals surface area contributed by atoms with Crippen molar-refractivity contribution in [2.75, 3.05) is 38.1 Å².